The summed E-state index contributed by atoms with van der Waals surface area (Å²) >= 11 is 0. The Morgan fingerprint density at radius 3 is 2.62 bits per heavy atom. The number of aromatic nitrogens is 4. The highest BCUT2D eigenvalue weighted by Gasteiger charge is 2.16. The molecule has 0 atom stereocenters. The van der Waals surface area contributed by atoms with Crippen molar-refractivity contribution in [1.29, 1.82) is 5.26 Å². The number of benzene rings is 3. The molecule has 0 fully saturated rings. The largest absolute Gasteiger partial charge is 0.496 e. The number of carbonyl (C=O) groups is 1. The zero-order valence-electron chi connectivity index (χ0n) is 22.9. The van der Waals surface area contributed by atoms with Gasteiger partial charge in [0, 0.05) is 37.4 Å². The van der Waals surface area contributed by atoms with Gasteiger partial charge >= 0.3 is 12.0 Å². The lowest BCUT2D eigenvalue weighted by Gasteiger charge is -2.11. The van der Waals surface area contributed by atoms with Crippen molar-refractivity contribution in [2.45, 2.75) is 19.6 Å². The van der Waals surface area contributed by atoms with Gasteiger partial charge in [-0.3, -0.25) is 0 Å². The van der Waals surface area contributed by atoms with Crippen LogP contribution >= 0.6 is 0 Å². The molecule has 0 spiro atoms. The van der Waals surface area contributed by atoms with E-state index in [1.165, 1.54) is 25.4 Å². The maximum absolute atomic E-state index is 15.4. The fraction of sp³-hybridized carbons (Fsp3) is 0.194. The summed E-state index contributed by atoms with van der Waals surface area (Å²) in [5, 5.41) is 18.5. The third-order valence-electron chi connectivity index (χ3n) is 6.70. The van der Waals surface area contributed by atoms with E-state index in [1.807, 2.05) is 4.57 Å². The van der Waals surface area contributed by atoms with Crippen LogP contribution in [0.25, 0.3) is 22.3 Å². The minimum atomic E-state index is -1.04. The lowest BCUT2D eigenvalue weighted by Crippen LogP contribution is -2.10. The average molecular weight is 568 g/mol. The first-order valence-electron chi connectivity index (χ1n) is 12.9. The summed E-state index contributed by atoms with van der Waals surface area (Å²) in [7, 11) is 3.09. The molecule has 5 rings (SSSR count). The Hall–Kier alpha value is -5.34. The van der Waals surface area contributed by atoms with E-state index in [0.29, 0.717) is 58.1 Å². The van der Waals surface area contributed by atoms with Crippen LogP contribution in [0.2, 0.25) is 0 Å². The second-order valence-electron chi connectivity index (χ2n) is 9.32. The van der Waals surface area contributed by atoms with Crippen LogP contribution in [0.3, 0.4) is 0 Å². The molecule has 0 aliphatic carbocycles. The van der Waals surface area contributed by atoms with Crippen LogP contribution < -0.4 is 9.47 Å². The second kappa shape index (κ2) is 12.4. The van der Waals surface area contributed by atoms with E-state index < -0.39 is 11.8 Å². The molecule has 3 aromatic carbocycles. The molecular weight excluding hydrogens is 541 g/mol. The summed E-state index contributed by atoms with van der Waals surface area (Å²) in [4.78, 5) is 24.7. The number of rotatable bonds is 11. The molecule has 10 nitrogen and oxygen atoms in total. The molecular formula is C31H26FN5O5. The third kappa shape index (κ3) is 6.04. The lowest BCUT2D eigenvalue weighted by atomic mass is 10.1. The van der Waals surface area contributed by atoms with Gasteiger partial charge in [-0.05, 0) is 48.0 Å². The molecule has 0 saturated heterocycles. The van der Waals surface area contributed by atoms with E-state index >= 15 is 4.39 Å². The molecule has 0 aliphatic rings. The molecule has 2 heterocycles. The summed E-state index contributed by atoms with van der Waals surface area (Å²) in [6, 6.07) is 18.4. The maximum atomic E-state index is 15.4. The van der Waals surface area contributed by atoms with Gasteiger partial charge in [0.25, 0.3) is 0 Å². The predicted molar refractivity (Wildman–Crippen MR) is 151 cm³/mol. The molecule has 1 N–H and O–H groups in total. The van der Waals surface area contributed by atoms with Gasteiger partial charge in [-0.2, -0.15) is 10.2 Å². The first-order valence-corrected chi connectivity index (χ1v) is 12.9. The molecule has 0 radical (unpaired) electrons. The lowest BCUT2D eigenvalue weighted by molar-refractivity contribution is 0.0697. The second-order valence-corrected chi connectivity index (χ2v) is 9.32. The number of halogens is 1. The van der Waals surface area contributed by atoms with Crippen molar-refractivity contribution in [2.24, 2.45) is 0 Å². The molecule has 5 aromatic rings. The Kier molecular flexibility index (Phi) is 8.36. The van der Waals surface area contributed by atoms with Crippen molar-refractivity contribution in [3.8, 4) is 29.1 Å². The quantitative estimate of drug-likeness (QED) is 0.233. The molecule has 2 aromatic heterocycles. The van der Waals surface area contributed by atoms with E-state index in [1.54, 1.807) is 55.6 Å². The van der Waals surface area contributed by atoms with Crippen molar-refractivity contribution < 1.29 is 28.5 Å². The summed E-state index contributed by atoms with van der Waals surface area (Å²) in [5.74, 6) is -0.368. The number of imidazole rings is 1. The van der Waals surface area contributed by atoms with Gasteiger partial charge in [-0.15, -0.1) is 0 Å². The van der Waals surface area contributed by atoms with Crippen LogP contribution in [0.15, 0.2) is 66.9 Å². The third-order valence-corrected chi connectivity index (χ3v) is 6.70. The Bertz CT molecular complexity index is 1810. The first-order chi connectivity index (χ1) is 20.4. The van der Waals surface area contributed by atoms with Gasteiger partial charge < -0.3 is 23.9 Å². The molecule has 0 bridgehead atoms. The van der Waals surface area contributed by atoms with Crippen LogP contribution in [0.1, 0.15) is 32.9 Å². The molecule has 0 unspecified atom stereocenters. The van der Waals surface area contributed by atoms with Crippen LogP contribution in [0.4, 0.5) is 4.39 Å². The van der Waals surface area contributed by atoms with Gasteiger partial charge in [-0.1, -0.05) is 18.2 Å². The Morgan fingerprint density at radius 2 is 1.88 bits per heavy atom. The van der Waals surface area contributed by atoms with Crippen molar-refractivity contribution >= 4 is 17.0 Å². The highest BCUT2D eigenvalue weighted by atomic mass is 19.1. The number of aromatic carboxylic acids is 1. The molecule has 0 saturated carbocycles. The summed E-state index contributed by atoms with van der Waals surface area (Å²) in [6.45, 7) is 0.931. The number of ether oxygens (including phenoxy) is 3. The average Bonchev–Trinajstić information content (AvgIpc) is 3.35. The number of hydrogen-bond acceptors (Lipinski definition) is 8. The van der Waals surface area contributed by atoms with Gasteiger partial charge in [0.2, 0.25) is 0 Å². The van der Waals surface area contributed by atoms with Crippen LogP contribution in [-0.4, -0.2) is 51.4 Å². The zero-order valence-corrected chi connectivity index (χ0v) is 22.9. The van der Waals surface area contributed by atoms with E-state index in [0.717, 1.165) is 5.56 Å². The van der Waals surface area contributed by atoms with Crippen LogP contribution in [0.5, 0.6) is 11.8 Å². The Balaban J connectivity index is 1.36. The summed E-state index contributed by atoms with van der Waals surface area (Å²) in [6.07, 6.45) is 1.72. The number of carboxylic acid groups (broad SMARTS) is 1. The normalized spacial score (nSPS) is 10.9. The predicted octanol–water partition coefficient (Wildman–Crippen LogP) is 5.03. The number of methoxy groups -OCH3 is 2. The monoisotopic (exact) mass is 567 g/mol. The van der Waals surface area contributed by atoms with Crippen LogP contribution in [0, 0.1) is 17.1 Å². The number of hydrogen-bond donors (Lipinski definition) is 1. The number of nitriles is 1. The van der Waals surface area contributed by atoms with Gasteiger partial charge in [0.1, 0.15) is 24.0 Å². The van der Waals surface area contributed by atoms with Gasteiger partial charge in [0.05, 0.1) is 47.6 Å². The molecule has 212 valence electrons. The maximum Gasteiger partial charge on any atom is 0.335 e. The first kappa shape index (κ1) is 28.2. The number of fused-ring (bicyclic) bond motifs is 1. The fourth-order valence-corrected chi connectivity index (χ4v) is 4.54. The van der Waals surface area contributed by atoms with E-state index in [4.69, 9.17) is 19.5 Å². The van der Waals surface area contributed by atoms with Gasteiger partial charge in [0.15, 0.2) is 0 Å². The fourth-order valence-electron chi connectivity index (χ4n) is 4.54. The zero-order chi connectivity index (χ0) is 29.6. The van der Waals surface area contributed by atoms with Crippen molar-refractivity contribution in [2.75, 3.05) is 20.8 Å². The van der Waals surface area contributed by atoms with E-state index in [-0.39, 0.29) is 24.6 Å². The standard InChI is InChI=1S/C31H26FN5O5/c1-40-12-11-37-27-15-22(30(38)39)7-8-26(27)35-29(37)16-20-5-6-21(14-24(20)32)25-9-10-34-31(36-25)42-18-23-4-3-19(17-33)13-28(23)41-2/h3-10,13-15H,11-12,16,18H2,1-2H3,(H,38,39). The Labute approximate surface area is 240 Å². The summed E-state index contributed by atoms with van der Waals surface area (Å²) < 4.78 is 33.6. The topological polar surface area (TPSA) is 132 Å². The van der Waals surface area contributed by atoms with Gasteiger partial charge in [-0.25, -0.2) is 19.2 Å². The summed E-state index contributed by atoms with van der Waals surface area (Å²) in [5.41, 5.74) is 4.04. The van der Waals surface area contributed by atoms with Crippen molar-refractivity contribution in [1.82, 2.24) is 19.5 Å². The van der Waals surface area contributed by atoms with E-state index in [9.17, 15) is 9.90 Å². The highest BCUT2D eigenvalue weighted by Crippen LogP contribution is 2.26. The molecule has 42 heavy (non-hydrogen) atoms. The number of carboxylic acids is 1. The molecule has 0 amide bonds. The van der Waals surface area contributed by atoms with Crippen LogP contribution in [-0.2, 0) is 24.3 Å². The highest BCUT2D eigenvalue weighted by molar-refractivity contribution is 5.92. The number of nitrogens with zero attached hydrogens (tertiary/aromatic N) is 5. The molecule has 11 heteroatoms. The Morgan fingerprint density at radius 1 is 1.05 bits per heavy atom. The smallest absolute Gasteiger partial charge is 0.335 e. The molecule has 0 aliphatic heterocycles. The van der Waals surface area contributed by atoms with Crippen molar-refractivity contribution in [3.63, 3.8) is 0 Å². The SMILES string of the molecule is COCCn1c(Cc2ccc(-c3ccnc(OCc4ccc(C#N)cc4OC)n3)cc2F)nc2ccc(C(=O)O)cc21. The minimum absolute atomic E-state index is 0.107. The van der Waals surface area contributed by atoms with Crippen molar-refractivity contribution in [3.05, 3.63) is 101 Å². The minimum Gasteiger partial charge on any atom is -0.496 e. The van der Waals surface area contributed by atoms with E-state index in [2.05, 4.69) is 21.0 Å².